The van der Waals surface area contributed by atoms with Crippen molar-refractivity contribution in [3.63, 3.8) is 0 Å². The van der Waals surface area contributed by atoms with Gasteiger partial charge < -0.3 is 15.4 Å². The van der Waals surface area contributed by atoms with Crippen molar-refractivity contribution in [3.8, 4) is 0 Å². The Balaban J connectivity index is 1.35. The van der Waals surface area contributed by atoms with Gasteiger partial charge in [0.2, 0.25) is 5.91 Å². The van der Waals surface area contributed by atoms with Crippen LogP contribution in [0.3, 0.4) is 0 Å². The first kappa shape index (κ1) is 18.9. The normalized spacial score (nSPS) is 28.6. The second-order valence-electron chi connectivity index (χ2n) is 8.79. The number of amides is 1. The lowest BCUT2D eigenvalue weighted by atomic mass is 9.79. The van der Waals surface area contributed by atoms with Crippen molar-refractivity contribution in [2.45, 2.75) is 44.7 Å². The molecule has 148 valence electrons. The summed E-state index contributed by atoms with van der Waals surface area (Å²) in [6, 6.07) is 10.4. The summed E-state index contributed by atoms with van der Waals surface area (Å²) in [6.45, 7) is 6.50. The van der Waals surface area contributed by atoms with Crippen molar-refractivity contribution in [1.82, 2.24) is 9.80 Å². The summed E-state index contributed by atoms with van der Waals surface area (Å²) in [5.74, 6) is 0.447. The number of carbonyl (C=O) groups is 1. The highest BCUT2D eigenvalue weighted by Gasteiger charge is 2.44. The van der Waals surface area contributed by atoms with Crippen LogP contribution in [0, 0.1) is 11.3 Å². The van der Waals surface area contributed by atoms with E-state index in [2.05, 4.69) is 40.1 Å². The van der Waals surface area contributed by atoms with Crippen molar-refractivity contribution in [2.75, 3.05) is 39.4 Å². The van der Waals surface area contributed by atoms with Crippen molar-refractivity contribution >= 4 is 5.91 Å². The van der Waals surface area contributed by atoms with Crippen LogP contribution >= 0.6 is 0 Å². The largest absolute Gasteiger partial charge is 0.381 e. The monoisotopic (exact) mass is 371 g/mol. The van der Waals surface area contributed by atoms with Crippen LogP contribution in [0.25, 0.3) is 0 Å². The minimum atomic E-state index is -0.354. The number of likely N-dealkylation sites (tertiary alicyclic amines) is 2. The van der Waals surface area contributed by atoms with Crippen molar-refractivity contribution < 1.29 is 9.53 Å². The number of hydrogen-bond acceptors (Lipinski definition) is 4. The van der Waals surface area contributed by atoms with E-state index >= 15 is 0 Å². The van der Waals surface area contributed by atoms with Crippen molar-refractivity contribution in [2.24, 2.45) is 17.1 Å². The van der Waals surface area contributed by atoms with Gasteiger partial charge in [-0.2, -0.15) is 0 Å². The first-order valence-electron chi connectivity index (χ1n) is 10.5. The summed E-state index contributed by atoms with van der Waals surface area (Å²) in [5, 5.41) is 0. The zero-order valence-electron chi connectivity index (χ0n) is 16.3. The van der Waals surface area contributed by atoms with E-state index in [0.717, 1.165) is 65.2 Å². The highest BCUT2D eigenvalue weighted by molar-refractivity contribution is 5.82. The molecule has 0 radical (unpaired) electrons. The highest BCUT2D eigenvalue weighted by atomic mass is 16.5. The lowest BCUT2D eigenvalue weighted by Gasteiger charge is -2.40. The Hall–Kier alpha value is -1.43. The molecule has 3 heterocycles. The first-order valence-corrected chi connectivity index (χ1v) is 10.5. The van der Waals surface area contributed by atoms with Crippen LogP contribution in [-0.4, -0.2) is 61.1 Å². The molecule has 4 rings (SSSR count). The standard InChI is InChI=1S/C22H33N3O2/c23-20(19-7-13-27-14-8-19)21(26)25-12-10-22(17-25)9-4-11-24(16-22)15-18-5-2-1-3-6-18/h1-3,5-6,19-20H,4,7-17,23H2. The van der Waals surface area contributed by atoms with Crippen LogP contribution in [0.1, 0.15) is 37.7 Å². The maximum Gasteiger partial charge on any atom is 0.239 e. The molecule has 1 aromatic carbocycles. The van der Waals surface area contributed by atoms with Crippen LogP contribution in [0.15, 0.2) is 30.3 Å². The third-order valence-corrected chi connectivity index (χ3v) is 6.80. The minimum absolute atomic E-state index is 0.166. The Morgan fingerprint density at radius 2 is 1.93 bits per heavy atom. The number of hydrogen-bond donors (Lipinski definition) is 1. The molecule has 2 unspecified atom stereocenters. The van der Waals surface area contributed by atoms with E-state index in [4.69, 9.17) is 10.5 Å². The summed E-state index contributed by atoms with van der Waals surface area (Å²) in [6.07, 6.45) is 5.40. The molecule has 2 N–H and O–H groups in total. The fourth-order valence-electron chi connectivity index (χ4n) is 5.23. The molecular formula is C22H33N3O2. The van der Waals surface area contributed by atoms with Gasteiger partial charge in [0.1, 0.15) is 0 Å². The van der Waals surface area contributed by atoms with Gasteiger partial charge >= 0.3 is 0 Å². The molecule has 3 aliphatic heterocycles. The van der Waals surface area contributed by atoms with Gasteiger partial charge in [-0.1, -0.05) is 30.3 Å². The SMILES string of the molecule is NC(C(=O)N1CCC2(CCCN(Cc3ccccc3)C2)C1)C1CCOCC1. The molecule has 1 aromatic rings. The summed E-state index contributed by atoms with van der Waals surface area (Å²) in [4.78, 5) is 17.6. The van der Waals surface area contributed by atoms with E-state index in [-0.39, 0.29) is 23.3 Å². The predicted molar refractivity (Wildman–Crippen MR) is 106 cm³/mol. The van der Waals surface area contributed by atoms with E-state index in [0.29, 0.717) is 0 Å². The number of nitrogens with zero attached hydrogens (tertiary/aromatic N) is 2. The van der Waals surface area contributed by atoms with E-state index < -0.39 is 0 Å². The molecule has 0 bridgehead atoms. The second kappa shape index (κ2) is 8.29. The van der Waals surface area contributed by atoms with Crippen molar-refractivity contribution in [3.05, 3.63) is 35.9 Å². The quantitative estimate of drug-likeness (QED) is 0.882. The van der Waals surface area contributed by atoms with Gasteiger partial charge in [0.05, 0.1) is 6.04 Å². The van der Waals surface area contributed by atoms with Gasteiger partial charge in [0.15, 0.2) is 0 Å². The van der Waals surface area contributed by atoms with E-state index in [9.17, 15) is 4.79 Å². The Kier molecular flexibility index (Phi) is 5.81. The van der Waals surface area contributed by atoms with Gasteiger partial charge in [-0.15, -0.1) is 0 Å². The molecule has 1 spiro atoms. The van der Waals surface area contributed by atoms with Crippen LogP contribution in [-0.2, 0) is 16.1 Å². The predicted octanol–water partition coefficient (Wildman–Crippen LogP) is 2.25. The average Bonchev–Trinajstić information content (AvgIpc) is 3.11. The zero-order valence-corrected chi connectivity index (χ0v) is 16.3. The van der Waals surface area contributed by atoms with Crippen LogP contribution in [0.5, 0.6) is 0 Å². The van der Waals surface area contributed by atoms with Crippen LogP contribution in [0.4, 0.5) is 0 Å². The molecule has 0 aromatic heterocycles. The summed E-state index contributed by atoms with van der Waals surface area (Å²) < 4.78 is 5.42. The van der Waals surface area contributed by atoms with Gasteiger partial charge in [-0.25, -0.2) is 0 Å². The molecule has 5 nitrogen and oxygen atoms in total. The lowest BCUT2D eigenvalue weighted by Crippen LogP contribution is -2.50. The minimum Gasteiger partial charge on any atom is -0.381 e. The van der Waals surface area contributed by atoms with Gasteiger partial charge in [-0.05, 0) is 50.1 Å². The number of ether oxygens (including phenoxy) is 1. The van der Waals surface area contributed by atoms with E-state index in [1.54, 1.807) is 0 Å². The third kappa shape index (κ3) is 4.36. The number of rotatable bonds is 4. The third-order valence-electron chi connectivity index (χ3n) is 6.80. The highest BCUT2D eigenvalue weighted by Crippen LogP contribution is 2.39. The molecule has 5 heteroatoms. The Labute approximate surface area is 162 Å². The Morgan fingerprint density at radius 3 is 2.70 bits per heavy atom. The first-order chi connectivity index (χ1) is 13.2. The molecule has 0 aliphatic carbocycles. The second-order valence-corrected chi connectivity index (χ2v) is 8.79. The lowest BCUT2D eigenvalue weighted by molar-refractivity contribution is -0.134. The molecule has 3 saturated heterocycles. The fourth-order valence-corrected chi connectivity index (χ4v) is 5.23. The Bertz CT molecular complexity index is 632. The molecule has 2 atom stereocenters. The smallest absolute Gasteiger partial charge is 0.239 e. The number of benzene rings is 1. The fraction of sp³-hybridized carbons (Fsp3) is 0.682. The van der Waals surface area contributed by atoms with Crippen LogP contribution < -0.4 is 5.73 Å². The molecule has 27 heavy (non-hydrogen) atoms. The van der Waals surface area contributed by atoms with Crippen LogP contribution in [0.2, 0.25) is 0 Å². The zero-order chi connectivity index (χ0) is 18.7. The maximum atomic E-state index is 13.0. The molecule has 0 saturated carbocycles. The van der Waals surface area contributed by atoms with Gasteiger partial charge in [0, 0.05) is 44.8 Å². The van der Waals surface area contributed by atoms with Gasteiger partial charge in [-0.3, -0.25) is 9.69 Å². The molecule has 3 aliphatic rings. The molecular weight excluding hydrogens is 338 g/mol. The average molecular weight is 372 g/mol. The summed E-state index contributed by atoms with van der Waals surface area (Å²) in [5.41, 5.74) is 8.00. The van der Waals surface area contributed by atoms with Gasteiger partial charge in [0.25, 0.3) is 0 Å². The number of carbonyl (C=O) groups excluding carboxylic acids is 1. The Morgan fingerprint density at radius 1 is 1.15 bits per heavy atom. The number of nitrogens with two attached hydrogens (primary N) is 1. The topological polar surface area (TPSA) is 58.8 Å². The molecule has 1 amide bonds. The van der Waals surface area contributed by atoms with E-state index in [1.165, 1.54) is 18.4 Å². The summed E-state index contributed by atoms with van der Waals surface area (Å²) in [7, 11) is 0. The summed E-state index contributed by atoms with van der Waals surface area (Å²) >= 11 is 0. The van der Waals surface area contributed by atoms with E-state index in [1.807, 2.05) is 0 Å². The van der Waals surface area contributed by atoms with Crippen molar-refractivity contribution in [1.29, 1.82) is 0 Å². The maximum absolute atomic E-state index is 13.0. The number of piperidine rings is 1. The molecule has 3 fully saturated rings.